The van der Waals surface area contributed by atoms with Crippen molar-refractivity contribution < 1.29 is 19.2 Å². The van der Waals surface area contributed by atoms with Crippen LogP contribution in [0.5, 0.6) is 0 Å². The number of nitro groups is 1. The zero-order valence-corrected chi connectivity index (χ0v) is 8.80. The van der Waals surface area contributed by atoms with Crippen LogP contribution in [0.3, 0.4) is 0 Å². The number of rotatable bonds is 3. The zero-order valence-electron chi connectivity index (χ0n) is 8.80. The van der Waals surface area contributed by atoms with Gasteiger partial charge in [0.05, 0.1) is 17.6 Å². The number of nitro benzene ring substituents is 1. The van der Waals surface area contributed by atoms with Crippen molar-refractivity contribution in [2.24, 2.45) is 5.84 Å². The van der Waals surface area contributed by atoms with Crippen LogP contribution in [0.4, 0.5) is 5.69 Å². The molecule has 0 radical (unpaired) electrons. The van der Waals surface area contributed by atoms with E-state index in [1.54, 1.807) is 5.43 Å². The van der Waals surface area contributed by atoms with Crippen LogP contribution in [0.25, 0.3) is 0 Å². The topological polar surface area (TPSA) is 125 Å². The smallest absolute Gasteiger partial charge is 0.345 e. The van der Waals surface area contributed by atoms with E-state index in [4.69, 9.17) is 5.84 Å². The number of nitrogens with one attached hydrogen (secondary N) is 1. The summed E-state index contributed by atoms with van der Waals surface area (Å²) in [5.74, 6) is 3.13. The van der Waals surface area contributed by atoms with Gasteiger partial charge in [0.25, 0.3) is 11.6 Å². The minimum Gasteiger partial charge on any atom is -0.465 e. The minimum absolute atomic E-state index is 0.214. The number of nitrogen functional groups attached to an aromatic ring is 1. The molecular weight excluding hydrogens is 230 g/mol. The number of benzene rings is 1. The second kappa shape index (κ2) is 5.03. The molecule has 0 bridgehead atoms. The number of carbonyl (C=O) groups excluding carboxylic acids is 2. The fourth-order valence-corrected chi connectivity index (χ4v) is 1.28. The van der Waals surface area contributed by atoms with Gasteiger partial charge in [0, 0.05) is 6.07 Å². The molecule has 0 aliphatic rings. The Hall–Kier alpha value is -2.48. The van der Waals surface area contributed by atoms with Crippen LogP contribution in [-0.2, 0) is 4.74 Å². The van der Waals surface area contributed by atoms with Gasteiger partial charge in [-0.3, -0.25) is 20.3 Å². The zero-order chi connectivity index (χ0) is 13.0. The number of hydrogen-bond acceptors (Lipinski definition) is 6. The Kier molecular flexibility index (Phi) is 3.73. The van der Waals surface area contributed by atoms with Crippen LogP contribution in [0, 0.1) is 10.1 Å². The SMILES string of the molecule is COC(=O)c1c(C(=O)NN)cccc1[N+](=O)[O-]. The first-order chi connectivity index (χ1) is 8.02. The van der Waals surface area contributed by atoms with E-state index in [1.807, 2.05) is 0 Å². The maximum absolute atomic E-state index is 11.4. The molecule has 0 aliphatic heterocycles. The van der Waals surface area contributed by atoms with Gasteiger partial charge in [-0.05, 0) is 6.07 Å². The molecular formula is C9H9N3O5. The molecule has 1 amide bonds. The van der Waals surface area contributed by atoms with Crippen LogP contribution >= 0.6 is 0 Å². The van der Waals surface area contributed by atoms with Crippen molar-refractivity contribution in [2.75, 3.05) is 7.11 Å². The first kappa shape index (κ1) is 12.6. The predicted octanol–water partition coefficient (Wildman–Crippen LogP) is -0.0151. The highest BCUT2D eigenvalue weighted by Crippen LogP contribution is 2.23. The summed E-state index contributed by atoms with van der Waals surface area (Å²) in [4.78, 5) is 32.8. The Labute approximate surface area is 95.5 Å². The highest BCUT2D eigenvalue weighted by atomic mass is 16.6. The summed E-state index contributed by atoms with van der Waals surface area (Å²) in [5, 5.41) is 10.7. The van der Waals surface area contributed by atoms with Crippen LogP contribution in [-0.4, -0.2) is 23.9 Å². The normalized spacial score (nSPS) is 9.53. The van der Waals surface area contributed by atoms with Gasteiger partial charge in [0.2, 0.25) is 0 Å². The van der Waals surface area contributed by atoms with Crippen molar-refractivity contribution in [3.8, 4) is 0 Å². The minimum atomic E-state index is -0.976. The standard InChI is InChI=1S/C9H9N3O5/c1-17-9(14)7-5(8(13)11-10)3-2-4-6(7)12(15)16/h2-4H,10H2,1H3,(H,11,13). The fraction of sp³-hybridized carbons (Fsp3) is 0.111. The monoisotopic (exact) mass is 239 g/mol. The van der Waals surface area contributed by atoms with Crippen molar-refractivity contribution in [2.45, 2.75) is 0 Å². The number of amides is 1. The summed E-state index contributed by atoms with van der Waals surface area (Å²) in [6, 6.07) is 3.61. The summed E-state index contributed by atoms with van der Waals surface area (Å²) in [6.45, 7) is 0. The lowest BCUT2D eigenvalue weighted by Gasteiger charge is -2.06. The van der Waals surface area contributed by atoms with Crippen LogP contribution < -0.4 is 11.3 Å². The second-order valence-corrected chi connectivity index (χ2v) is 2.92. The van der Waals surface area contributed by atoms with Crippen molar-refractivity contribution in [3.63, 3.8) is 0 Å². The third kappa shape index (κ3) is 2.37. The van der Waals surface area contributed by atoms with E-state index >= 15 is 0 Å². The number of nitrogens with two attached hydrogens (primary N) is 1. The molecule has 0 aliphatic carbocycles. The molecule has 1 aromatic carbocycles. The highest BCUT2D eigenvalue weighted by molar-refractivity contribution is 6.07. The van der Waals surface area contributed by atoms with Gasteiger partial charge in [0.1, 0.15) is 5.56 Å². The quantitative estimate of drug-likeness (QED) is 0.251. The van der Waals surface area contributed by atoms with E-state index in [1.165, 1.54) is 12.1 Å². The maximum Gasteiger partial charge on any atom is 0.345 e. The third-order valence-corrected chi connectivity index (χ3v) is 2.00. The number of carbonyl (C=O) groups is 2. The molecule has 0 saturated carbocycles. The van der Waals surface area contributed by atoms with E-state index in [0.29, 0.717) is 0 Å². The largest absolute Gasteiger partial charge is 0.465 e. The number of hydrogen-bond donors (Lipinski definition) is 2. The van der Waals surface area contributed by atoms with Gasteiger partial charge >= 0.3 is 5.97 Å². The average molecular weight is 239 g/mol. The van der Waals surface area contributed by atoms with Gasteiger partial charge in [-0.1, -0.05) is 6.07 Å². The summed E-state index contributed by atoms with van der Waals surface area (Å²) in [6.07, 6.45) is 0. The molecule has 3 N–H and O–H groups in total. The summed E-state index contributed by atoms with van der Waals surface area (Å²) < 4.78 is 4.40. The lowest BCUT2D eigenvalue weighted by molar-refractivity contribution is -0.385. The molecule has 8 heteroatoms. The maximum atomic E-state index is 11.4. The number of ether oxygens (including phenoxy) is 1. The molecule has 0 fully saturated rings. The van der Waals surface area contributed by atoms with E-state index < -0.39 is 28.1 Å². The van der Waals surface area contributed by atoms with E-state index in [9.17, 15) is 19.7 Å². The number of hydrazine groups is 1. The van der Waals surface area contributed by atoms with Crippen molar-refractivity contribution >= 4 is 17.6 Å². The van der Waals surface area contributed by atoms with Gasteiger partial charge in [-0.15, -0.1) is 0 Å². The van der Waals surface area contributed by atoms with E-state index in [-0.39, 0.29) is 5.56 Å². The number of methoxy groups -OCH3 is 1. The molecule has 1 rings (SSSR count). The molecule has 0 spiro atoms. The fourth-order valence-electron chi connectivity index (χ4n) is 1.28. The number of esters is 1. The lowest BCUT2D eigenvalue weighted by atomic mass is 10.0. The van der Waals surface area contributed by atoms with Gasteiger partial charge in [-0.25, -0.2) is 10.6 Å². The first-order valence-electron chi connectivity index (χ1n) is 4.39. The first-order valence-corrected chi connectivity index (χ1v) is 4.39. The second-order valence-electron chi connectivity index (χ2n) is 2.92. The highest BCUT2D eigenvalue weighted by Gasteiger charge is 2.27. The third-order valence-electron chi connectivity index (χ3n) is 2.00. The van der Waals surface area contributed by atoms with Crippen LogP contribution in [0.15, 0.2) is 18.2 Å². The Bertz CT molecular complexity index is 486. The summed E-state index contributed by atoms with van der Waals surface area (Å²) in [5.41, 5.74) is 0.640. The molecule has 0 heterocycles. The Morgan fingerprint density at radius 1 is 1.47 bits per heavy atom. The molecule has 0 unspecified atom stereocenters. The predicted molar refractivity (Wildman–Crippen MR) is 56.1 cm³/mol. The molecule has 0 aromatic heterocycles. The van der Waals surface area contributed by atoms with Gasteiger partial charge < -0.3 is 4.74 Å². The Balaban J connectivity index is 3.50. The van der Waals surface area contributed by atoms with Crippen molar-refractivity contribution in [3.05, 3.63) is 39.4 Å². The van der Waals surface area contributed by atoms with Gasteiger partial charge in [0.15, 0.2) is 0 Å². The Morgan fingerprint density at radius 3 is 2.59 bits per heavy atom. The van der Waals surface area contributed by atoms with E-state index in [0.717, 1.165) is 13.2 Å². The molecule has 17 heavy (non-hydrogen) atoms. The molecule has 0 saturated heterocycles. The van der Waals surface area contributed by atoms with Crippen LogP contribution in [0.1, 0.15) is 20.7 Å². The average Bonchev–Trinajstić information content (AvgIpc) is 2.35. The van der Waals surface area contributed by atoms with Crippen molar-refractivity contribution in [1.82, 2.24) is 5.43 Å². The summed E-state index contributed by atoms with van der Waals surface area (Å²) in [7, 11) is 1.06. The van der Waals surface area contributed by atoms with Crippen LogP contribution in [0.2, 0.25) is 0 Å². The van der Waals surface area contributed by atoms with E-state index in [2.05, 4.69) is 4.74 Å². The molecule has 0 atom stereocenters. The Morgan fingerprint density at radius 2 is 2.12 bits per heavy atom. The van der Waals surface area contributed by atoms with Crippen molar-refractivity contribution in [1.29, 1.82) is 0 Å². The molecule has 90 valence electrons. The number of nitrogens with zero attached hydrogens (tertiary/aromatic N) is 1. The molecule has 8 nitrogen and oxygen atoms in total. The van der Waals surface area contributed by atoms with Gasteiger partial charge in [-0.2, -0.15) is 0 Å². The lowest BCUT2D eigenvalue weighted by Crippen LogP contribution is -2.31. The summed E-state index contributed by atoms with van der Waals surface area (Å²) >= 11 is 0. The molecule has 1 aromatic rings.